The Hall–Kier alpha value is -3.28. The molecule has 2 aromatic carbocycles. The van der Waals surface area contributed by atoms with Crippen molar-refractivity contribution in [1.82, 2.24) is 9.80 Å². The standard InChI is InChI=1S/C27H30N4O3S/c1-19-15-22(8-7-21(19)16-28)31-25(33)27(2,3)30(26(31)35)12-4-14-34-24-9-5-20(6-10-24)17-29-13-11-23(32)18-29/h5-10,15H,4,11-14,17-18H2,1-3H3. The molecule has 7 nitrogen and oxygen atoms in total. The molecule has 0 N–H and O–H groups in total. The number of ether oxygens (including phenoxy) is 1. The SMILES string of the molecule is Cc1cc(N2C(=O)C(C)(C)N(CCCOc3ccc(CN4CCC(=O)C4)cc3)C2=S)ccc1C#N. The van der Waals surface area contributed by atoms with Gasteiger partial charge in [0, 0.05) is 26.1 Å². The van der Waals surface area contributed by atoms with Gasteiger partial charge in [-0.05, 0) is 80.9 Å². The molecule has 2 fully saturated rings. The third kappa shape index (κ3) is 5.21. The van der Waals surface area contributed by atoms with Gasteiger partial charge in [-0.15, -0.1) is 0 Å². The van der Waals surface area contributed by atoms with E-state index in [4.69, 9.17) is 17.0 Å². The second-order valence-electron chi connectivity index (χ2n) is 9.59. The summed E-state index contributed by atoms with van der Waals surface area (Å²) in [5, 5.41) is 9.66. The predicted molar refractivity (Wildman–Crippen MR) is 138 cm³/mol. The van der Waals surface area contributed by atoms with Crippen molar-refractivity contribution < 1.29 is 14.3 Å². The number of likely N-dealkylation sites (tertiary alicyclic amines) is 1. The normalized spacial score (nSPS) is 17.8. The third-order valence-corrected chi connectivity index (χ3v) is 7.05. The van der Waals surface area contributed by atoms with Crippen LogP contribution >= 0.6 is 12.2 Å². The molecule has 1 amide bonds. The van der Waals surface area contributed by atoms with Crippen LogP contribution in [0.2, 0.25) is 0 Å². The molecule has 0 aromatic heterocycles. The average Bonchev–Trinajstić information content (AvgIpc) is 3.30. The van der Waals surface area contributed by atoms with Gasteiger partial charge in [0.1, 0.15) is 17.1 Å². The Balaban J connectivity index is 1.31. The van der Waals surface area contributed by atoms with Crippen LogP contribution in [-0.2, 0) is 16.1 Å². The molecule has 4 rings (SSSR count). The molecule has 2 aromatic rings. The van der Waals surface area contributed by atoms with Gasteiger partial charge in [-0.25, -0.2) is 0 Å². The van der Waals surface area contributed by atoms with Crippen LogP contribution < -0.4 is 9.64 Å². The van der Waals surface area contributed by atoms with E-state index < -0.39 is 5.54 Å². The molecule has 2 aliphatic rings. The van der Waals surface area contributed by atoms with E-state index in [1.807, 2.05) is 56.0 Å². The van der Waals surface area contributed by atoms with Gasteiger partial charge < -0.3 is 9.64 Å². The van der Waals surface area contributed by atoms with E-state index in [-0.39, 0.29) is 5.91 Å². The van der Waals surface area contributed by atoms with Gasteiger partial charge in [-0.1, -0.05) is 12.1 Å². The lowest BCUT2D eigenvalue weighted by atomic mass is 10.0. The highest BCUT2D eigenvalue weighted by atomic mass is 32.1. The summed E-state index contributed by atoms with van der Waals surface area (Å²) >= 11 is 5.70. The minimum atomic E-state index is -0.766. The predicted octanol–water partition coefficient (Wildman–Crippen LogP) is 3.82. The average molecular weight is 491 g/mol. The van der Waals surface area contributed by atoms with Crippen LogP contribution in [0.5, 0.6) is 5.75 Å². The zero-order valence-corrected chi connectivity index (χ0v) is 21.2. The van der Waals surface area contributed by atoms with E-state index in [0.717, 1.165) is 30.0 Å². The first-order chi connectivity index (χ1) is 16.7. The van der Waals surface area contributed by atoms with Gasteiger partial charge in [0.05, 0.1) is 30.5 Å². The summed E-state index contributed by atoms with van der Waals surface area (Å²) in [5.74, 6) is 1.02. The Morgan fingerprint density at radius 3 is 2.51 bits per heavy atom. The van der Waals surface area contributed by atoms with Crippen molar-refractivity contribution in [2.24, 2.45) is 0 Å². The molecule has 2 saturated heterocycles. The van der Waals surface area contributed by atoms with Crippen LogP contribution in [0.25, 0.3) is 0 Å². The number of rotatable bonds is 8. The lowest BCUT2D eigenvalue weighted by Gasteiger charge is -2.29. The number of amides is 1. The van der Waals surface area contributed by atoms with Crippen molar-refractivity contribution in [1.29, 1.82) is 5.26 Å². The number of nitriles is 1. The number of nitrogens with zero attached hydrogens (tertiary/aromatic N) is 4. The molecule has 2 heterocycles. The van der Waals surface area contributed by atoms with Crippen molar-refractivity contribution >= 4 is 34.7 Å². The Bertz CT molecular complexity index is 1190. The molecule has 0 bridgehead atoms. The van der Waals surface area contributed by atoms with Crippen LogP contribution in [0.4, 0.5) is 5.69 Å². The first kappa shape index (κ1) is 24.8. The van der Waals surface area contributed by atoms with E-state index in [9.17, 15) is 14.9 Å². The van der Waals surface area contributed by atoms with Gasteiger partial charge in [-0.3, -0.25) is 19.4 Å². The molecule has 2 aliphatic heterocycles. The van der Waals surface area contributed by atoms with Gasteiger partial charge in [0.15, 0.2) is 5.11 Å². The topological polar surface area (TPSA) is 76.9 Å². The maximum atomic E-state index is 13.2. The number of Topliss-reactive ketones (excluding diaryl/α,β-unsaturated/α-hetero) is 1. The lowest BCUT2D eigenvalue weighted by molar-refractivity contribution is -0.123. The van der Waals surface area contributed by atoms with Crippen LogP contribution in [0.15, 0.2) is 42.5 Å². The summed E-state index contributed by atoms with van der Waals surface area (Å²) < 4.78 is 5.92. The van der Waals surface area contributed by atoms with Crippen molar-refractivity contribution in [2.45, 2.75) is 45.7 Å². The molecule has 0 saturated carbocycles. The zero-order chi connectivity index (χ0) is 25.2. The molecular formula is C27H30N4O3S. The highest BCUT2D eigenvalue weighted by molar-refractivity contribution is 7.80. The van der Waals surface area contributed by atoms with Gasteiger partial charge >= 0.3 is 0 Å². The Labute approximate surface area is 211 Å². The number of carbonyl (C=O) groups excluding carboxylic acids is 2. The fraction of sp³-hybridized carbons (Fsp3) is 0.407. The fourth-order valence-corrected chi connectivity index (χ4v) is 5.05. The maximum absolute atomic E-state index is 13.2. The van der Waals surface area contributed by atoms with Gasteiger partial charge in [-0.2, -0.15) is 5.26 Å². The van der Waals surface area contributed by atoms with E-state index in [2.05, 4.69) is 11.0 Å². The summed E-state index contributed by atoms with van der Waals surface area (Å²) in [6.07, 6.45) is 1.35. The zero-order valence-electron chi connectivity index (χ0n) is 20.4. The van der Waals surface area contributed by atoms with Crippen molar-refractivity contribution in [3.8, 4) is 11.8 Å². The number of aryl methyl sites for hydroxylation is 1. The fourth-order valence-electron chi connectivity index (χ4n) is 4.54. The molecule has 0 spiro atoms. The summed E-state index contributed by atoms with van der Waals surface area (Å²) in [6, 6.07) is 15.5. The van der Waals surface area contributed by atoms with E-state index in [1.54, 1.807) is 17.0 Å². The quantitative estimate of drug-likeness (QED) is 0.411. The molecule has 8 heteroatoms. The van der Waals surface area contributed by atoms with Crippen LogP contribution in [0, 0.1) is 18.3 Å². The Kier molecular flexibility index (Phi) is 7.20. The lowest BCUT2D eigenvalue weighted by Crippen LogP contribution is -2.44. The van der Waals surface area contributed by atoms with E-state index in [1.165, 1.54) is 0 Å². The van der Waals surface area contributed by atoms with Crippen molar-refractivity contribution in [3.05, 3.63) is 59.2 Å². The molecule has 182 valence electrons. The first-order valence-electron chi connectivity index (χ1n) is 11.8. The maximum Gasteiger partial charge on any atom is 0.258 e. The minimum absolute atomic E-state index is 0.0807. The number of hydrogen-bond donors (Lipinski definition) is 0. The van der Waals surface area contributed by atoms with Crippen molar-refractivity contribution in [3.63, 3.8) is 0 Å². The first-order valence-corrected chi connectivity index (χ1v) is 12.2. The van der Waals surface area contributed by atoms with Gasteiger partial charge in [0.2, 0.25) is 0 Å². The molecule has 0 unspecified atom stereocenters. The van der Waals surface area contributed by atoms with E-state index >= 15 is 0 Å². The summed E-state index contributed by atoms with van der Waals surface area (Å²) in [4.78, 5) is 30.3. The molecular weight excluding hydrogens is 460 g/mol. The van der Waals surface area contributed by atoms with Crippen LogP contribution in [0.3, 0.4) is 0 Å². The van der Waals surface area contributed by atoms with E-state index in [0.29, 0.717) is 54.7 Å². The Morgan fingerprint density at radius 2 is 1.89 bits per heavy atom. The number of ketones is 1. The van der Waals surface area contributed by atoms with Crippen LogP contribution in [0.1, 0.15) is 43.4 Å². The smallest absolute Gasteiger partial charge is 0.258 e. The highest BCUT2D eigenvalue weighted by Crippen LogP contribution is 2.33. The Morgan fingerprint density at radius 1 is 1.14 bits per heavy atom. The number of anilines is 1. The highest BCUT2D eigenvalue weighted by Gasteiger charge is 2.49. The molecule has 0 radical (unpaired) electrons. The molecule has 0 aliphatic carbocycles. The number of benzene rings is 2. The second-order valence-corrected chi connectivity index (χ2v) is 9.96. The third-order valence-electron chi connectivity index (χ3n) is 6.64. The van der Waals surface area contributed by atoms with Crippen LogP contribution in [-0.4, -0.2) is 58.4 Å². The number of carbonyl (C=O) groups is 2. The second kappa shape index (κ2) is 10.1. The van der Waals surface area contributed by atoms with Gasteiger partial charge in [0.25, 0.3) is 5.91 Å². The molecule has 35 heavy (non-hydrogen) atoms. The largest absolute Gasteiger partial charge is 0.494 e. The van der Waals surface area contributed by atoms with Crippen molar-refractivity contribution in [2.75, 3.05) is 31.1 Å². The summed E-state index contributed by atoms with van der Waals surface area (Å²) in [7, 11) is 0. The monoisotopic (exact) mass is 490 g/mol. The number of hydrogen-bond acceptors (Lipinski definition) is 6. The molecule has 0 atom stereocenters. The minimum Gasteiger partial charge on any atom is -0.494 e. The summed E-state index contributed by atoms with van der Waals surface area (Å²) in [6.45, 7) is 8.85. The number of thiocarbonyl (C=S) groups is 1. The summed E-state index contributed by atoms with van der Waals surface area (Å²) in [5.41, 5.74) is 2.47.